The lowest BCUT2D eigenvalue weighted by Gasteiger charge is -2.44. The summed E-state index contributed by atoms with van der Waals surface area (Å²) in [5.41, 5.74) is 5.51. The van der Waals surface area contributed by atoms with Gasteiger partial charge in [-0.25, -0.2) is 0 Å². The van der Waals surface area contributed by atoms with Crippen molar-refractivity contribution in [3.8, 4) is 0 Å². The quantitative estimate of drug-likeness (QED) is 0.429. The number of carbonyl (C=O) groups excluding carboxylic acids is 1. The number of carbonyl (C=O) groups is 1. The Morgan fingerprint density at radius 2 is 1.95 bits per heavy atom. The topological polar surface area (TPSA) is 62.2 Å². The summed E-state index contributed by atoms with van der Waals surface area (Å²) in [6.45, 7) is 1.85. The molecule has 0 radical (unpaired) electrons. The van der Waals surface area contributed by atoms with E-state index in [9.17, 15) is 23.1 Å². The minimum absolute atomic E-state index is 0.0210. The van der Waals surface area contributed by atoms with Crippen molar-refractivity contribution in [3.05, 3.63) is 94.4 Å². The Hall–Kier alpha value is -3.19. The van der Waals surface area contributed by atoms with Gasteiger partial charge in [-0.15, -0.1) is 0 Å². The summed E-state index contributed by atoms with van der Waals surface area (Å²) in [5.74, 6) is -0.135. The van der Waals surface area contributed by atoms with E-state index in [1.165, 1.54) is 11.1 Å². The Labute approximate surface area is 221 Å². The summed E-state index contributed by atoms with van der Waals surface area (Å²) < 4.78 is 38.7. The Kier molecular flexibility index (Phi) is 7.32. The van der Waals surface area contributed by atoms with Crippen LogP contribution >= 0.6 is 0 Å². The highest BCUT2D eigenvalue weighted by atomic mass is 19.4. The van der Waals surface area contributed by atoms with Crippen LogP contribution in [-0.4, -0.2) is 27.8 Å². The lowest BCUT2D eigenvalue weighted by molar-refractivity contribution is -0.149. The lowest BCUT2D eigenvalue weighted by atomic mass is 9.63. The Morgan fingerprint density at radius 1 is 1.16 bits per heavy atom. The second kappa shape index (κ2) is 10.5. The van der Waals surface area contributed by atoms with E-state index in [1.807, 2.05) is 43.3 Å². The van der Waals surface area contributed by atoms with E-state index >= 15 is 0 Å². The van der Waals surface area contributed by atoms with E-state index in [2.05, 4.69) is 22.4 Å². The van der Waals surface area contributed by atoms with Crippen LogP contribution in [0.1, 0.15) is 56.2 Å². The number of aryl methyl sites for hydroxylation is 1. The zero-order valence-corrected chi connectivity index (χ0v) is 21.5. The van der Waals surface area contributed by atoms with Crippen LogP contribution in [0.5, 0.6) is 0 Å². The van der Waals surface area contributed by atoms with Crippen molar-refractivity contribution in [2.45, 2.75) is 70.1 Å². The number of fused-ring (bicyclic) bond motifs is 2. The zero-order chi connectivity index (χ0) is 26.9. The number of rotatable bonds is 6. The molecular weight excluding hydrogens is 489 g/mol. The van der Waals surface area contributed by atoms with E-state index in [1.54, 1.807) is 12.3 Å². The van der Waals surface area contributed by atoms with Gasteiger partial charge in [-0.1, -0.05) is 42.0 Å². The standard InChI is InChI=1S/C31H33F3N2O2/c1-20-27(8-5-15-35-20)36-29(37)25-17-22-9-10-23-19-30(38,13-14-31(32,33)34)12-11-26(23)28(22)24(18-25)16-21-6-3-2-4-7-21/h2-8,15,17-18,23-24,38H,9-14,16,19H2,1H3,(H,36,37)/t23-,24-,30-/m1/s1. The molecule has 200 valence electrons. The lowest BCUT2D eigenvalue weighted by Crippen LogP contribution is -2.39. The van der Waals surface area contributed by atoms with Crippen molar-refractivity contribution in [2.24, 2.45) is 11.8 Å². The van der Waals surface area contributed by atoms with Gasteiger partial charge in [0, 0.05) is 24.1 Å². The molecule has 0 bridgehead atoms. The molecule has 1 aromatic heterocycles. The number of amides is 1. The zero-order valence-electron chi connectivity index (χ0n) is 21.5. The fourth-order valence-corrected chi connectivity index (χ4v) is 6.30. The number of pyridine rings is 1. The van der Waals surface area contributed by atoms with Gasteiger partial charge in [-0.3, -0.25) is 9.78 Å². The molecule has 3 aliphatic rings. The molecule has 3 aliphatic carbocycles. The van der Waals surface area contributed by atoms with Crippen LogP contribution in [0.2, 0.25) is 0 Å². The molecule has 1 fully saturated rings. The van der Waals surface area contributed by atoms with Gasteiger partial charge >= 0.3 is 6.18 Å². The fraction of sp³-hybridized carbons (Fsp3) is 0.419. The maximum atomic E-state index is 13.3. The van der Waals surface area contributed by atoms with E-state index in [-0.39, 0.29) is 24.2 Å². The number of halogens is 3. The molecule has 2 N–H and O–H groups in total. The predicted octanol–water partition coefficient (Wildman–Crippen LogP) is 7.02. The van der Waals surface area contributed by atoms with Gasteiger partial charge in [0.15, 0.2) is 0 Å². The Balaban J connectivity index is 1.44. The molecule has 1 heterocycles. The molecule has 38 heavy (non-hydrogen) atoms. The third kappa shape index (κ3) is 5.93. The minimum Gasteiger partial charge on any atom is -0.390 e. The molecule has 1 amide bonds. The third-order valence-electron chi connectivity index (χ3n) is 8.20. The molecule has 1 saturated carbocycles. The number of hydrogen-bond donors (Lipinski definition) is 2. The smallest absolute Gasteiger partial charge is 0.389 e. The first-order chi connectivity index (χ1) is 18.1. The predicted molar refractivity (Wildman–Crippen MR) is 141 cm³/mol. The summed E-state index contributed by atoms with van der Waals surface area (Å²) in [6, 6.07) is 13.7. The largest absolute Gasteiger partial charge is 0.390 e. The third-order valence-corrected chi connectivity index (χ3v) is 8.20. The summed E-state index contributed by atoms with van der Waals surface area (Å²) in [4.78, 5) is 17.6. The van der Waals surface area contributed by atoms with Gasteiger partial charge in [0.25, 0.3) is 5.91 Å². The van der Waals surface area contributed by atoms with Crippen molar-refractivity contribution < 1.29 is 23.1 Å². The number of benzene rings is 1. The highest BCUT2D eigenvalue weighted by molar-refractivity contribution is 6.06. The number of alkyl halides is 3. The SMILES string of the molecule is Cc1ncccc1NC(=O)C1=C[C@@H](Cc2ccccc2)C2=C3CC[C@@](O)(CCC(F)(F)F)C[C@H]3CCC2=C1. The molecule has 7 heteroatoms. The number of anilines is 1. The number of nitrogens with one attached hydrogen (secondary N) is 1. The van der Waals surface area contributed by atoms with Crippen LogP contribution in [0.4, 0.5) is 18.9 Å². The van der Waals surface area contributed by atoms with Crippen molar-refractivity contribution in [2.75, 3.05) is 5.32 Å². The molecule has 4 nitrogen and oxygen atoms in total. The number of allylic oxidation sites excluding steroid dienone is 4. The van der Waals surface area contributed by atoms with Gasteiger partial charge < -0.3 is 10.4 Å². The molecule has 3 atom stereocenters. The summed E-state index contributed by atoms with van der Waals surface area (Å²) in [6.07, 6.45) is 3.75. The number of aromatic nitrogens is 1. The van der Waals surface area contributed by atoms with E-state index < -0.39 is 18.2 Å². The van der Waals surface area contributed by atoms with Crippen molar-refractivity contribution in [3.63, 3.8) is 0 Å². The molecule has 0 saturated heterocycles. The minimum atomic E-state index is -4.27. The maximum Gasteiger partial charge on any atom is 0.389 e. The van der Waals surface area contributed by atoms with Gasteiger partial charge in [0.05, 0.1) is 17.0 Å². The average Bonchev–Trinajstić information content (AvgIpc) is 2.88. The second-order valence-electron chi connectivity index (χ2n) is 10.9. The molecular formula is C31H33F3N2O2. The number of aliphatic hydroxyl groups is 1. The molecule has 2 aromatic rings. The van der Waals surface area contributed by atoms with E-state index in [0.717, 1.165) is 36.1 Å². The van der Waals surface area contributed by atoms with Crippen LogP contribution in [0, 0.1) is 18.8 Å². The highest BCUT2D eigenvalue weighted by Gasteiger charge is 2.43. The second-order valence-corrected chi connectivity index (χ2v) is 10.9. The average molecular weight is 523 g/mol. The highest BCUT2D eigenvalue weighted by Crippen LogP contribution is 2.51. The summed E-state index contributed by atoms with van der Waals surface area (Å²) in [5, 5.41) is 14.0. The van der Waals surface area contributed by atoms with Crippen LogP contribution in [0.3, 0.4) is 0 Å². The number of nitrogens with zero attached hydrogens (tertiary/aromatic N) is 1. The maximum absolute atomic E-state index is 13.3. The Morgan fingerprint density at radius 3 is 2.68 bits per heavy atom. The monoisotopic (exact) mass is 522 g/mol. The molecule has 0 spiro atoms. The summed E-state index contributed by atoms with van der Waals surface area (Å²) >= 11 is 0. The number of hydrogen-bond acceptors (Lipinski definition) is 3. The first-order valence-corrected chi connectivity index (χ1v) is 13.3. The summed E-state index contributed by atoms with van der Waals surface area (Å²) in [7, 11) is 0. The van der Waals surface area contributed by atoms with Gasteiger partial charge in [-0.05, 0) is 92.7 Å². The van der Waals surface area contributed by atoms with Gasteiger partial charge in [0.1, 0.15) is 0 Å². The first kappa shape index (κ1) is 26.4. The van der Waals surface area contributed by atoms with Gasteiger partial charge in [-0.2, -0.15) is 13.2 Å². The molecule has 5 rings (SSSR count). The molecule has 0 unspecified atom stereocenters. The normalized spacial score (nSPS) is 25.2. The molecule has 0 aliphatic heterocycles. The Bertz CT molecular complexity index is 1300. The van der Waals surface area contributed by atoms with Crippen molar-refractivity contribution in [1.82, 2.24) is 4.98 Å². The van der Waals surface area contributed by atoms with Crippen LogP contribution in [0.15, 0.2) is 83.1 Å². The van der Waals surface area contributed by atoms with Gasteiger partial charge in [0.2, 0.25) is 0 Å². The van der Waals surface area contributed by atoms with Crippen LogP contribution < -0.4 is 5.32 Å². The van der Waals surface area contributed by atoms with Crippen molar-refractivity contribution in [1.29, 1.82) is 0 Å². The molecule has 1 aromatic carbocycles. The van der Waals surface area contributed by atoms with E-state index in [0.29, 0.717) is 30.5 Å². The van der Waals surface area contributed by atoms with Crippen LogP contribution in [0.25, 0.3) is 0 Å². The van der Waals surface area contributed by atoms with Crippen molar-refractivity contribution >= 4 is 11.6 Å². The first-order valence-electron chi connectivity index (χ1n) is 13.3. The fourth-order valence-electron chi connectivity index (χ4n) is 6.30. The van der Waals surface area contributed by atoms with Crippen LogP contribution in [-0.2, 0) is 11.2 Å². The van der Waals surface area contributed by atoms with E-state index in [4.69, 9.17) is 0 Å².